The molecule has 0 saturated heterocycles. The average molecular weight is 719 g/mol. The third-order valence-electron chi connectivity index (χ3n) is 10.7. The van der Waals surface area contributed by atoms with Gasteiger partial charge in [0.1, 0.15) is 11.2 Å². The van der Waals surface area contributed by atoms with Gasteiger partial charge in [-0.2, -0.15) is 0 Å². The van der Waals surface area contributed by atoms with E-state index in [4.69, 9.17) is 14.4 Å². The fourth-order valence-electron chi connectivity index (χ4n) is 7.39. The predicted molar refractivity (Wildman–Crippen MR) is 233 cm³/mol. The predicted octanol–water partition coefficient (Wildman–Crippen LogP) is 14.6. The zero-order chi connectivity index (χ0) is 38.7. The van der Waals surface area contributed by atoms with Crippen molar-refractivity contribution in [1.82, 2.24) is 9.97 Å². The SMILES string of the molecule is CC(C)(C)c1cc(-c2nc(-c3ccc(-c4ccccc4)cc3)cc(-c3cccc(-c4ccccc4)c3)n2)c2oc3c(C(C)(C)C)cc(C(C)(C)C)cc3c2c1. The van der Waals surface area contributed by atoms with E-state index in [1.54, 1.807) is 0 Å². The monoisotopic (exact) mass is 718 g/mol. The molecule has 2 heterocycles. The molecular formula is C52H50N2O. The molecule has 0 N–H and O–H groups in total. The van der Waals surface area contributed by atoms with Crippen LogP contribution in [0.3, 0.4) is 0 Å². The molecule has 0 spiro atoms. The Balaban J connectivity index is 1.41. The molecule has 8 rings (SSSR count). The summed E-state index contributed by atoms with van der Waals surface area (Å²) in [7, 11) is 0. The maximum atomic E-state index is 7.08. The number of hydrogen-bond acceptors (Lipinski definition) is 3. The lowest BCUT2D eigenvalue weighted by atomic mass is 9.79. The molecule has 55 heavy (non-hydrogen) atoms. The van der Waals surface area contributed by atoms with Gasteiger partial charge < -0.3 is 4.42 Å². The number of hydrogen-bond donors (Lipinski definition) is 0. The van der Waals surface area contributed by atoms with Gasteiger partial charge in [-0.25, -0.2) is 9.97 Å². The topological polar surface area (TPSA) is 38.9 Å². The number of nitrogens with zero attached hydrogens (tertiary/aromatic N) is 2. The van der Waals surface area contributed by atoms with Crippen molar-refractivity contribution >= 4 is 21.9 Å². The number of aromatic nitrogens is 2. The van der Waals surface area contributed by atoms with Crippen LogP contribution in [0.5, 0.6) is 0 Å². The van der Waals surface area contributed by atoms with Gasteiger partial charge in [0.15, 0.2) is 5.82 Å². The standard InChI is InChI=1S/C52H50N2O/c1-50(2,3)39-28-41-42-29-40(51(4,5)6)31-44(52(7,8)9)48(42)55-47(41)43(30-39)49-53-45(36-25-23-35(24-26-36)33-17-12-10-13-18-33)32-46(54-49)38-22-16-21-37(27-38)34-19-14-11-15-20-34/h10-32H,1-9H3. The minimum absolute atomic E-state index is 0.0288. The van der Waals surface area contributed by atoms with Gasteiger partial charge in [-0.05, 0) is 80.0 Å². The number of fused-ring (bicyclic) bond motifs is 3. The first-order valence-electron chi connectivity index (χ1n) is 19.4. The lowest BCUT2D eigenvalue weighted by molar-refractivity contribution is 0.559. The van der Waals surface area contributed by atoms with E-state index >= 15 is 0 Å². The van der Waals surface area contributed by atoms with Crippen molar-refractivity contribution in [3.8, 4) is 56.2 Å². The van der Waals surface area contributed by atoms with E-state index in [2.05, 4.69) is 202 Å². The summed E-state index contributed by atoms with van der Waals surface area (Å²) in [4.78, 5) is 10.8. The largest absolute Gasteiger partial charge is 0.455 e. The van der Waals surface area contributed by atoms with Crippen LogP contribution in [0.15, 0.2) is 144 Å². The molecule has 3 nitrogen and oxygen atoms in total. The summed E-state index contributed by atoms with van der Waals surface area (Å²) in [6, 6.07) is 49.8. The first-order chi connectivity index (χ1) is 26.1. The summed E-state index contributed by atoms with van der Waals surface area (Å²) >= 11 is 0. The summed E-state index contributed by atoms with van der Waals surface area (Å²) in [5.41, 5.74) is 14.5. The number of furan rings is 1. The molecule has 0 bridgehead atoms. The quantitative estimate of drug-likeness (QED) is 0.178. The summed E-state index contributed by atoms with van der Waals surface area (Å²) in [6.07, 6.45) is 0. The lowest BCUT2D eigenvalue weighted by Crippen LogP contribution is -2.16. The molecule has 0 fully saturated rings. The van der Waals surface area contributed by atoms with Crippen LogP contribution in [0.2, 0.25) is 0 Å². The Kier molecular flexibility index (Phi) is 8.88. The fraction of sp³-hybridized carbons (Fsp3) is 0.231. The molecule has 0 aliphatic carbocycles. The zero-order valence-electron chi connectivity index (χ0n) is 33.6. The smallest absolute Gasteiger partial charge is 0.164 e. The second-order valence-corrected chi connectivity index (χ2v) is 18.0. The highest BCUT2D eigenvalue weighted by Gasteiger charge is 2.28. The zero-order valence-corrected chi connectivity index (χ0v) is 33.6. The van der Waals surface area contributed by atoms with Crippen molar-refractivity contribution in [2.45, 2.75) is 78.6 Å². The van der Waals surface area contributed by atoms with Crippen LogP contribution < -0.4 is 0 Å². The second kappa shape index (κ2) is 13.5. The lowest BCUT2D eigenvalue weighted by Gasteiger charge is -2.25. The highest BCUT2D eigenvalue weighted by molar-refractivity contribution is 6.11. The highest BCUT2D eigenvalue weighted by Crippen LogP contribution is 2.44. The summed E-state index contributed by atoms with van der Waals surface area (Å²) in [5, 5.41) is 2.24. The third-order valence-corrected chi connectivity index (χ3v) is 10.7. The van der Waals surface area contributed by atoms with Crippen molar-refractivity contribution in [2.24, 2.45) is 0 Å². The van der Waals surface area contributed by atoms with Crippen LogP contribution in [0.4, 0.5) is 0 Å². The number of benzene rings is 6. The minimum atomic E-state index is -0.126. The van der Waals surface area contributed by atoms with Crippen LogP contribution in [-0.2, 0) is 16.2 Å². The van der Waals surface area contributed by atoms with Gasteiger partial charge in [0, 0.05) is 27.5 Å². The molecule has 0 aliphatic heterocycles. The van der Waals surface area contributed by atoms with Crippen LogP contribution >= 0.6 is 0 Å². The molecule has 0 radical (unpaired) electrons. The van der Waals surface area contributed by atoms with Gasteiger partial charge in [0.25, 0.3) is 0 Å². The molecular weight excluding hydrogens is 669 g/mol. The minimum Gasteiger partial charge on any atom is -0.455 e. The number of rotatable bonds is 5. The fourth-order valence-corrected chi connectivity index (χ4v) is 7.39. The molecule has 0 unspecified atom stereocenters. The van der Waals surface area contributed by atoms with Gasteiger partial charge in [0.2, 0.25) is 0 Å². The summed E-state index contributed by atoms with van der Waals surface area (Å²) in [6.45, 7) is 20.5. The normalized spacial score (nSPS) is 12.5. The van der Waals surface area contributed by atoms with E-state index in [-0.39, 0.29) is 16.2 Å². The highest BCUT2D eigenvalue weighted by atomic mass is 16.3. The maximum Gasteiger partial charge on any atom is 0.164 e. The van der Waals surface area contributed by atoms with Gasteiger partial charge >= 0.3 is 0 Å². The van der Waals surface area contributed by atoms with E-state index in [0.29, 0.717) is 5.82 Å². The van der Waals surface area contributed by atoms with Crippen LogP contribution in [-0.4, -0.2) is 9.97 Å². The first kappa shape index (κ1) is 36.2. The Bertz CT molecular complexity index is 2660. The van der Waals surface area contributed by atoms with Crippen molar-refractivity contribution < 1.29 is 4.42 Å². The van der Waals surface area contributed by atoms with Crippen molar-refractivity contribution in [1.29, 1.82) is 0 Å². The van der Waals surface area contributed by atoms with Gasteiger partial charge in [-0.3, -0.25) is 0 Å². The first-order valence-corrected chi connectivity index (χ1v) is 19.4. The summed E-state index contributed by atoms with van der Waals surface area (Å²) in [5.74, 6) is 0.647. The molecule has 0 saturated carbocycles. The molecule has 2 aromatic heterocycles. The van der Waals surface area contributed by atoms with E-state index in [1.807, 2.05) is 0 Å². The Morgan fingerprint density at radius 1 is 0.382 bits per heavy atom. The summed E-state index contributed by atoms with van der Waals surface area (Å²) < 4.78 is 7.08. The van der Waals surface area contributed by atoms with Crippen molar-refractivity contribution in [3.63, 3.8) is 0 Å². The molecule has 0 aliphatic rings. The Hall–Kier alpha value is -5.80. The maximum absolute atomic E-state index is 7.08. The molecule has 8 aromatic rings. The van der Waals surface area contributed by atoms with Gasteiger partial charge in [-0.15, -0.1) is 0 Å². The average Bonchev–Trinajstić information content (AvgIpc) is 3.55. The van der Waals surface area contributed by atoms with Crippen LogP contribution in [0.1, 0.15) is 79.0 Å². The van der Waals surface area contributed by atoms with Crippen LogP contribution in [0, 0.1) is 0 Å². The molecule has 3 heteroatoms. The second-order valence-electron chi connectivity index (χ2n) is 18.0. The van der Waals surface area contributed by atoms with Gasteiger partial charge in [-0.1, -0.05) is 172 Å². The molecule has 0 amide bonds. The Labute approximate surface area is 326 Å². The van der Waals surface area contributed by atoms with E-state index < -0.39 is 0 Å². The van der Waals surface area contributed by atoms with E-state index in [9.17, 15) is 0 Å². The third kappa shape index (κ3) is 7.12. The van der Waals surface area contributed by atoms with E-state index in [0.717, 1.165) is 55.6 Å². The molecule has 6 aromatic carbocycles. The van der Waals surface area contributed by atoms with Gasteiger partial charge in [0.05, 0.1) is 17.0 Å². The molecule has 274 valence electrons. The van der Waals surface area contributed by atoms with Crippen molar-refractivity contribution in [2.75, 3.05) is 0 Å². The van der Waals surface area contributed by atoms with E-state index in [1.165, 1.54) is 33.4 Å². The Morgan fingerprint density at radius 3 is 1.44 bits per heavy atom. The molecule has 0 atom stereocenters. The van der Waals surface area contributed by atoms with Crippen LogP contribution in [0.25, 0.3) is 78.1 Å². The van der Waals surface area contributed by atoms with Crippen molar-refractivity contribution in [3.05, 3.63) is 156 Å². The Morgan fingerprint density at radius 2 is 0.855 bits per heavy atom.